The number of hydrogen-bond donors (Lipinski definition) is 1. The van der Waals surface area contributed by atoms with Crippen LogP contribution in [0.4, 0.5) is 22.0 Å². The summed E-state index contributed by atoms with van der Waals surface area (Å²) in [5.41, 5.74) is 6.59. The Hall–Kier alpha value is -2.97. The van der Waals surface area contributed by atoms with Crippen LogP contribution in [0.1, 0.15) is 56.1 Å². The molecule has 0 radical (unpaired) electrons. The van der Waals surface area contributed by atoms with E-state index in [4.69, 9.17) is 5.73 Å². The van der Waals surface area contributed by atoms with E-state index < -0.39 is 23.5 Å². The lowest BCUT2D eigenvalue weighted by Gasteiger charge is -2.16. The van der Waals surface area contributed by atoms with Crippen LogP contribution < -0.4 is 5.73 Å². The first-order valence-electron chi connectivity index (χ1n) is 10.4. The van der Waals surface area contributed by atoms with Crippen LogP contribution in [-0.4, -0.2) is 15.3 Å². The van der Waals surface area contributed by atoms with Crippen molar-refractivity contribution >= 4 is 11.3 Å². The lowest BCUT2D eigenvalue weighted by atomic mass is 9.92. The highest BCUT2D eigenvalue weighted by molar-refractivity contribution is 6.01. The molecule has 2 aromatic rings. The van der Waals surface area contributed by atoms with Crippen LogP contribution >= 0.6 is 0 Å². The van der Waals surface area contributed by atoms with Gasteiger partial charge in [0.25, 0.3) is 0 Å². The Morgan fingerprint density at radius 1 is 1.22 bits per heavy atom. The first-order chi connectivity index (χ1) is 15.1. The smallest absolute Gasteiger partial charge is 0.402 e. The Balaban J connectivity index is 1.81. The molecule has 0 bridgehead atoms. The van der Waals surface area contributed by atoms with E-state index in [0.717, 1.165) is 6.20 Å². The summed E-state index contributed by atoms with van der Waals surface area (Å²) in [7, 11) is 1.51. The van der Waals surface area contributed by atoms with E-state index in [1.807, 2.05) is 13.0 Å². The molecule has 1 aromatic heterocycles. The fraction of sp³-hybridized carbons (Fsp3) is 0.391. The van der Waals surface area contributed by atoms with E-state index in [1.54, 1.807) is 0 Å². The third-order valence-corrected chi connectivity index (χ3v) is 5.40. The second-order valence-electron chi connectivity index (χ2n) is 7.83. The maximum atomic E-state index is 14.1. The van der Waals surface area contributed by atoms with E-state index in [-0.39, 0.29) is 17.3 Å². The van der Waals surface area contributed by atoms with Gasteiger partial charge >= 0.3 is 6.18 Å². The summed E-state index contributed by atoms with van der Waals surface area (Å²) in [6.45, 7) is 1.91. The minimum atomic E-state index is -4.54. The molecule has 1 atom stereocenters. The van der Waals surface area contributed by atoms with Crippen molar-refractivity contribution in [3.8, 4) is 0 Å². The van der Waals surface area contributed by atoms with Gasteiger partial charge in [0.2, 0.25) is 0 Å². The first kappa shape index (κ1) is 23.7. The Kier molecular flexibility index (Phi) is 7.16. The van der Waals surface area contributed by atoms with Crippen LogP contribution in [0, 0.1) is 17.6 Å². The van der Waals surface area contributed by atoms with Crippen LogP contribution in [0.5, 0.6) is 0 Å². The number of aromatic nitrogens is 2. The highest BCUT2D eigenvalue weighted by Crippen LogP contribution is 2.32. The van der Waals surface area contributed by atoms with E-state index in [9.17, 15) is 22.0 Å². The number of aliphatic imine (C=N–C) groups is 1. The number of rotatable bonds is 6. The van der Waals surface area contributed by atoms with Crippen LogP contribution in [0.3, 0.4) is 0 Å². The van der Waals surface area contributed by atoms with Gasteiger partial charge in [-0.1, -0.05) is 25.5 Å². The zero-order valence-corrected chi connectivity index (χ0v) is 17.9. The van der Waals surface area contributed by atoms with Crippen molar-refractivity contribution < 1.29 is 22.0 Å². The SMILES string of the molecule is CCC/C(=C(/N)CC1C=CN=C(c2c(F)cccc2F)CC1)c1nc(C(F)(F)F)cn1C. The van der Waals surface area contributed by atoms with Crippen LogP contribution in [-0.2, 0) is 13.2 Å². The fourth-order valence-corrected chi connectivity index (χ4v) is 3.83. The lowest BCUT2D eigenvalue weighted by Crippen LogP contribution is -2.12. The number of hydrogen-bond acceptors (Lipinski definition) is 3. The number of alkyl halides is 3. The molecule has 2 heterocycles. The standard InChI is InChI=1S/C23H25F5N4/c1-3-5-15(22-31-20(13-32(22)2)23(26,27)28)18(29)12-14-8-9-19(30-11-10-14)21-16(24)6-4-7-17(21)25/h4,6-7,10-11,13-14H,3,5,8-9,12,29H2,1-2H3/b18-15-. The van der Waals surface area contributed by atoms with Crippen LogP contribution in [0.25, 0.3) is 5.57 Å². The molecule has 0 aliphatic carbocycles. The van der Waals surface area contributed by atoms with Gasteiger partial charge in [0.15, 0.2) is 5.69 Å². The second kappa shape index (κ2) is 9.67. The quantitative estimate of drug-likeness (QED) is 0.548. The average molecular weight is 452 g/mol. The summed E-state index contributed by atoms with van der Waals surface area (Å²) in [5.74, 6) is -1.23. The summed E-state index contributed by atoms with van der Waals surface area (Å²) >= 11 is 0. The number of aryl methyl sites for hydroxylation is 1. The Morgan fingerprint density at radius 3 is 2.50 bits per heavy atom. The third-order valence-electron chi connectivity index (χ3n) is 5.40. The van der Waals surface area contributed by atoms with Gasteiger partial charge in [-0.15, -0.1) is 0 Å². The highest BCUT2D eigenvalue weighted by atomic mass is 19.4. The Morgan fingerprint density at radius 2 is 1.91 bits per heavy atom. The first-order valence-corrected chi connectivity index (χ1v) is 10.4. The zero-order chi connectivity index (χ0) is 23.5. The summed E-state index contributed by atoms with van der Waals surface area (Å²) in [6, 6.07) is 3.67. The molecule has 2 N–H and O–H groups in total. The lowest BCUT2D eigenvalue weighted by molar-refractivity contribution is -0.141. The molecule has 1 aromatic carbocycles. The van der Waals surface area contributed by atoms with Crippen molar-refractivity contribution in [2.75, 3.05) is 0 Å². The van der Waals surface area contributed by atoms with E-state index >= 15 is 0 Å². The molecule has 0 spiro atoms. The maximum Gasteiger partial charge on any atom is 0.434 e. The minimum absolute atomic E-state index is 0.0831. The number of allylic oxidation sites excluding steroid dienone is 3. The highest BCUT2D eigenvalue weighted by Gasteiger charge is 2.35. The molecule has 3 rings (SSSR count). The topological polar surface area (TPSA) is 56.2 Å². The molecule has 1 aliphatic rings. The number of halogens is 5. The number of nitrogens with two attached hydrogens (primary N) is 1. The number of benzene rings is 1. The molecule has 4 nitrogen and oxygen atoms in total. The molecule has 0 amide bonds. The van der Waals surface area contributed by atoms with Crippen molar-refractivity contribution in [3.05, 3.63) is 71.1 Å². The normalized spacial score (nSPS) is 17.7. The molecular formula is C23H25F5N4. The van der Waals surface area contributed by atoms with Crippen molar-refractivity contribution in [2.24, 2.45) is 23.7 Å². The Bertz CT molecular complexity index is 1040. The monoisotopic (exact) mass is 452 g/mol. The molecule has 32 heavy (non-hydrogen) atoms. The van der Waals surface area contributed by atoms with E-state index in [1.165, 1.54) is 36.0 Å². The predicted octanol–water partition coefficient (Wildman–Crippen LogP) is 5.99. The zero-order valence-electron chi connectivity index (χ0n) is 17.9. The van der Waals surface area contributed by atoms with Gasteiger partial charge in [-0.05, 0) is 43.7 Å². The van der Waals surface area contributed by atoms with Gasteiger partial charge in [-0.2, -0.15) is 13.2 Å². The fourth-order valence-electron chi connectivity index (χ4n) is 3.83. The van der Waals surface area contributed by atoms with Crippen molar-refractivity contribution in [1.29, 1.82) is 0 Å². The van der Waals surface area contributed by atoms with E-state index in [2.05, 4.69) is 9.98 Å². The molecule has 1 aliphatic heterocycles. The summed E-state index contributed by atoms with van der Waals surface area (Å²) < 4.78 is 68.8. The Labute approximate surface area is 183 Å². The molecule has 0 fully saturated rings. The van der Waals surface area contributed by atoms with Gasteiger partial charge in [0.1, 0.15) is 17.5 Å². The van der Waals surface area contributed by atoms with Gasteiger partial charge in [0.05, 0.1) is 11.3 Å². The van der Waals surface area contributed by atoms with Crippen molar-refractivity contribution in [2.45, 2.75) is 45.2 Å². The average Bonchev–Trinajstić information content (AvgIpc) is 2.96. The molecule has 9 heteroatoms. The minimum Gasteiger partial charge on any atom is -0.402 e. The number of imidazole rings is 1. The van der Waals surface area contributed by atoms with Gasteiger partial charge in [-0.25, -0.2) is 13.8 Å². The third kappa shape index (κ3) is 5.26. The number of nitrogens with zero attached hydrogens (tertiary/aromatic N) is 3. The predicted molar refractivity (Wildman–Crippen MR) is 114 cm³/mol. The molecule has 0 saturated heterocycles. The molecule has 0 saturated carbocycles. The second-order valence-corrected chi connectivity index (χ2v) is 7.83. The van der Waals surface area contributed by atoms with Crippen LogP contribution in [0.15, 0.2) is 47.4 Å². The molecule has 1 unspecified atom stereocenters. The largest absolute Gasteiger partial charge is 0.434 e. The molecule has 172 valence electrons. The summed E-state index contributed by atoms with van der Waals surface area (Å²) in [4.78, 5) is 7.99. The summed E-state index contributed by atoms with van der Waals surface area (Å²) in [6.07, 6.45) is 2.15. The van der Waals surface area contributed by atoms with Crippen molar-refractivity contribution in [1.82, 2.24) is 9.55 Å². The van der Waals surface area contributed by atoms with Gasteiger partial charge < -0.3 is 10.3 Å². The van der Waals surface area contributed by atoms with Gasteiger partial charge in [0, 0.05) is 30.7 Å². The van der Waals surface area contributed by atoms with Crippen LogP contribution in [0.2, 0.25) is 0 Å². The van der Waals surface area contributed by atoms with E-state index in [0.29, 0.717) is 49.1 Å². The summed E-state index contributed by atoms with van der Waals surface area (Å²) in [5, 5.41) is 0. The maximum absolute atomic E-state index is 14.1. The molecular weight excluding hydrogens is 427 g/mol. The van der Waals surface area contributed by atoms with Crippen molar-refractivity contribution in [3.63, 3.8) is 0 Å². The van der Waals surface area contributed by atoms with Gasteiger partial charge in [-0.3, -0.25) is 4.99 Å².